The Morgan fingerprint density at radius 2 is 2.05 bits per heavy atom. The van der Waals surface area contributed by atoms with Gasteiger partial charge in [-0.1, -0.05) is 30.3 Å². The number of rotatable bonds is 5. The van der Waals surface area contributed by atoms with Crippen molar-refractivity contribution in [3.05, 3.63) is 71.6 Å². The second-order valence-electron chi connectivity index (χ2n) is 4.42. The minimum absolute atomic E-state index is 0.161. The topological polar surface area (TPSA) is 38.3 Å². The van der Waals surface area contributed by atoms with Crippen molar-refractivity contribution in [1.29, 1.82) is 0 Å². The zero-order valence-corrected chi connectivity index (χ0v) is 11.7. The Morgan fingerprint density at radius 1 is 1.24 bits per heavy atom. The Morgan fingerprint density at radius 3 is 2.81 bits per heavy atom. The summed E-state index contributed by atoms with van der Waals surface area (Å²) in [7, 11) is 1.59. The van der Waals surface area contributed by atoms with Gasteiger partial charge in [-0.25, -0.2) is 4.39 Å². The van der Waals surface area contributed by atoms with E-state index in [0.29, 0.717) is 5.56 Å². The van der Waals surface area contributed by atoms with Crippen LogP contribution < -0.4 is 10.1 Å². The number of ether oxygens (including phenoxy) is 1. The van der Waals surface area contributed by atoms with Crippen LogP contribution in [0.1, 0.15) is 11.1 Å². The molecule has 108 valence electrons. The molecule has 21 heavy (non-hydrogen) atoms. The minimum Gasteiger partial charge on any atom is -0.497 e. The maximum absolute atomic E-state index is 13.4. The summed E-state index contributed by atoms with van der Waals surface area (Å²) in [4.78, 5) is 11.7. The molecule has 0 atom stereocenters. The standard InChI is InChI=1S/C17H16FNO2/c1-21-15-7-4-5-13(11-15)9-10-17(20)19-12-14-6-2-3-8-16(14)18/h2-11H,12H2,1H3,(H,19,20)/b10-9+. The van der Waals surface area contributed by atoms with E-state index in [1.165, 1.54) is 12.1 Å². The van der Waals surface area contributed by atoms with Crippen molar-refractivity contribution in [2.24, 2.45) is 0 Å². The maximum atomic E-state index is 13.4. The fraction of sp³-hybridized carbons (Fsp3) is 0.118. The molecule has 1 amide bonds. The van der Waals surface area contributed by atoms with E-state index in [1.807, 2.05) is 24.3 Å². The molecular formula is C17H16FNO2. The van der Waals surface area contributed by atoms with E-state index in [9.17, 15) is 9.18 Å². The normalized spacial score (nSPS) is 10.6. The van der Waals surface area contributed by atoms with Crippen molar-refractivity contribution in [3.63, 3.8) is 0 Å². The van der Waals surface area contributed by atoms with Gasteiger partial charge in [-0.2, -0.15) is 0 Å². The first-order chi connectivity index (χ1) is 10.2. The summed E-state index contributed by atoms with van der Waals surface area (Å²) in [6, 6.07) is 13.7. The number of carbonyl (C=O) groups excluding carboxylic acids is 1. The van der Waals surface area contributed by atoms with E-state index in [0.717, 1.165) is 11.3 Å². The number of hydrogen-bond donors (Lipinski definition) is 1. The molecule has 0 aliphatic rings. The summed E-state index contributed by atoms with van der Waals surface area (Å²) in [6.45, 7) is 0.161. The molecule has 0 saturated carbocycles. The van der Waals surface area contributed by atoms with E-state index in [1.54, 1.807) is 31.4 Å². The average Bonchev–Trinajstić information content (AvgIpc) is 2.52. The molecule has 0 fully saturated rings. The van der Waals surface area contributed by atoms with Gasteiger partial charge in [-0.05, 0) is 29.8 Å². The van der Waals surface area contributed by atoms with Gasteiger partial charge >= 0.3 is 0 Å². The van der Waals surface area contributed by atoms with Crippen molar-refractivity contribution < 1.29 is 13.9 Å². The molecule has 0 spiro atoms. The predicted molar refractivity (Wildman–Crippen MR) is 80.3 cm³/mol. The lowest BCUT2D eigenvalue weighted by Gasteiger charge is -2.04. The Kier molecular flexibility index (Phi) is 5.10. The minimum atomic E-state index is -0.324. The largest absolute Gasteiger partial charge is 0.497 e. The van der Waals surface area contributed by atoms with Crippen LogP contribution in [0.15, 0.2) is 54.6 Å². The molecule has 2 aromatic rings. The van der Waals surface area contributed by atoms with Gasteiger partial charge in [-0.15, -0.1) is 0 Å². The SMILES string of the molecule is COc1cccc(/C=C/C(=O)NCc2ccccc2F)c1. The Bertz CT molecular complexity index is 653. The highest BCUT2D eigenvalue weighted by Gasteiger charge is 2.01. The summed E-state index contributed by atoms with van der Waals surface area (Å²) in [5, 5.41) is 2.64. The third kappa shape index (κ3) is 4.45. The Labute approximate surface area is 123 Å². The summed E-state index contributed by atoms with van der Waals surface area (Å²) in [5.74, 6) is 0.125. The number of carbonyl (C=O) groups is 1. The van der Waals surface area contributed by atoms with E-state index in [2.05, 4.69) is 5.32 Å². The van der Waals surface area contributed by atoms with Crippen LogP contribution in [0.5, 0.6) is 5.75 Å². The van der Waals surface area contributed by atoms with Gasteiger partial charge in [-0.3, -0.25) is 4.79 Å². The molecular weight excluding hydrogens is 269 g/mol. The van der Waals surface area contributed by atoms with Gasteiger partial charge in [0.05, 0.1) is 7.11 Å². The quantitative estimate of drug-likeness (QED) is 0.857. The lowest BCUT2D eigenvalue weighted by molar-refractivity contribution is -0.116. The predicted octanol–water partition coefficient (Wildman–Crippen LogP) is 3.16. The van der Waals surface area contributed by atoms with Crippen LogP contribution in [0.3, 0.4) is 0 Å². The number of nitrogens with one attached hydrogen (secondary N) is 1. The van der Waals surface area contributed by atoms with E-state index >= 15 is 0 Å². The Hall–Kier alpha value is -2.62. The molecule has 1 N–H and O–H groups in total. The first-order valence-electron chi connectivity index (χ1n) is 6.52. The summed E-state index contributed by atoms with van der Waals surface area (Å²) < 4.78 is 18.5. The smallest absolute Gasteiger partial charge is 0.244 e. The third-order valence-electron chi connectivity index (χ3n) is 2.93. The Balaban J connectivity index is 1.92. The molecule has 2 rings (SSSR count). The molecule has 0 radical (unpaired) electrons. The van der Waals surface area contributed by atoms with Crippen LogP contribution in [0, 0.1) is 5.82 Å². The van der Waals surface area contributed by atoms with E-state index < -0.39 is 0 Å². The number of halogens is 1. The van der Waals surface area contributed by atoms with Crippen LogP contribution in [-0.4, -0.2) is 13.0 Å². The molecule has 0 aliphatic heterocycles. The highest BCUT2D eigenvalue weighted by Crippen LogP contribution is 2.13. The summed E-state index contributed by atoms with van der Waals surface area (Å²) in [5.41, 5.74) is 1.32. The number of methoxy groups -OCH3 is 1. The summed E-state index contributed by atoms with van der Waals surface area (Å²) >= 11 is 0. The monoisotopic (exact) mass is 285 g/mol. The molecule has 0 heterocycles. The maximum Gasteiger partial charge on any atom is 0.244 e. The highest BCUT2D eigenvalue weighted by molar-refractivity contribution is 5.91. The number of amides is 1. The van der Waals surface area contributed by atoms with Crippen LogP contribution in [-0.2, 0) is 11.3 Å². The van der Waals surface area contributed by atoms with Crippen LogP contribution in [0.2, 0.25) is 0 Å². The lowest BCUT2D eigenvalue weighted by atomic mass is 10.2. The first-order valence-corrected chi connectivity index (χ1v) is 6.52. The molecule has 0 unspecified atom stereocenters. The van der Waals surface area contributed by atoms with Gasteiger partial charge in [0.15, 0.2) is 0 Å². The van der Waals surface area contributed by atoms with Gasteiger partial charge in [0.25, 0.3) is 0 Å². The highest BCUT2D eigenvalue weighted by atomic mass is 19.1. The molecule has 0 saturated heterocycles. The second-order valence-corrected chi connectivity index (χ2v) is 4.42. The van der Waals surface area contributed by atoms with Crippen molar-refractivity contribution in [2.75, 3.05) is 7.11 Å². The molecule has 0 aromatic heterocycles. The zero-order valence-electron chi connectivity index (χ0n) is 11.7. The summed E-state index contributed by atoms with van der Waals surface area (Å²) in [6.07, 6.45) is 3.09. The average molecular weight is 285 g/mol. The van der Waals surface area contributed by atoms with E-state index in [-0.39, 0.29) is 18.3 Å². The van der Waals surface area contributed by atoms with Crippen molar-refractivity contribution in [2.45, 2.75) is 6.54 Å². The molecule has 3 nitrogen and oxygen atoms in total. The molecule has 4 heteroatoms. The number of hydrogen-bond acceptors (Lipinski definition) is 2. The van der Waals surface area contributed by atoms with Gasteiger partial charge < -0.3 is 10.1 Å². The first kappa shape index (κ1) is 14.8. The van der Waals surface area contributed by atoms with Crippen molar-refractivity contribution in [3.8, 4) is 5.75 Å². The van der Waals surface area contributed by atoms with Gasteiger partial charge in [0.1, 0.15) is 11.6 Å². The van der Waals surface area contributed by atoms with Crippen LogP contribution >= 0.6 is 0 Å². The van der Waals surface area contributed by atoms with E-state index in [4.69, 9.17) is 4.74 Å². The molecule has 0 bridgehead atoms. The fourth-order valence-corrected chi connectivity index (χ4v) is 1.80. The van der Waals surface area contributed by atoms with Crippen molar-refractivity contribution in [1.82, 2.24) is 5.32 Å². The van der Waals surface area contributed by atoms with Crippen molar-refractivity contribution >= 4 is 12.0 Å². The third-order valence-corrected chi connectivity index (χ3v) is 2.93. The zero-order chi connectivity index (χ0) is 15.1. The molecule has 0 aliphatic carbocycles. The fourth-order valence-electron chi connectivity index (χ4n) is 1.80. The number of benzene rings is 2. The lowest BCUT2D eigenvalue weighted by Crippen LogP contribution is -2.20. The molecule has 2 aromatic carbocycles. The van der Waals surface area contributed by atoms with Crippen LogP contribution in [0.4, 0.5) is 4.39 Å². The van der Waals surface area contributed by atoms with Crippen LogP contribution in [0.25, 0.3) is 6.08 Å². The second kappa shape index (κ2) is 7.24. The van der Waals surface area contributed by atoms with Gasteiger partial charge in [0.2, 0.25) is 5.91 Å². The van der Waals surface area contributed by atoms with Gasteiger partial charge in [0, 0.05) is 18.2 Å².